The second-order valence-electron chi connectivity index (χ2n) is 4.48. The molecule has 0 unspecified atom stereocenters. The largest absolute Gasteiger partial charge is 0.495 e. The summed E-state index contributed by atoms with van der Waals surface area (Å²) >= 11 is 11.3. The summed E-state index contributed by atoms with van der Waals surface area (Å²) in [6.45, 7) is 10.7. The minimum absolute atomic E-state index is 0.211. The van der Waals surface area contributed by atoms with Crippen molar-refractivity contribution in [2.24, 2.45) is 0 Å². The Labute approximate surface area is 173 Å². The Balaban J connectivity index is 0. The molecule has 0 amide bonds. The van der Waals surface area contributed by atoms with Gasteiger partial charge in [0, 0.05) is 25.1 Å². The molecule has 0 spiro atoms. The number of anilines is 1. The first-order chi connectivity index (χ1) is 13.0. The lowest BCUT2D eigenvalue weighted by Gasteiger charge is -2.15. The van der Waals surface area contributed by atoms with Crippen LogP contribution in [0.4, 0.5) is 5.69 Å². The lowest BCUT2D eigenvalue weighted by Crippen LogP contribution is -2.29. The standard InChI is InChI=1S/C15H21ClN2O4S.2C2H6/c1-4-22-14(19)6-5-7-17-15(23)18-11-9-12(20-2)10(16)8-13(11)21-3;2*1-2/h8-9H,4-7H2,1-3H3,(H2,17,18,23);2*1-2H3. The minimum atomic E-state index is -0.211. The number of esters is 1. The molecular weight excluding hydrogens is 388 g/mol. The van der Waals surface area contributed by atoms with Crippen LogP contribution in [0, 0.1) is 0 Å². The zero-order valence-electron chi connectivity index (χ0n) is 17.4. The molecule has 0 saturated carbocycles. The molecule has 0 saturated heterocycles. The summed E-state index contributed by atoms with van der Waals surface area (Å²) in [5.41, 5.74) is 0.636. The topological polar surface area (TPSA) is 68.8 Å². The molecule has 0 aliphatic carbocycles. The Bertz CT molecular complexity index is 557. The van der Waals surface area contributed by atoms with Gasteiger partial charge in [0.15, 0.2) is 5.11 Å². The molecular formula is C19H33ClN2O4S. The predicted octanol–water partition coefficient (Wildman–Crippen LogP) is 5.04. The van der Waals surface area contributed by atoms with Crippen molar-refractivity contribution in [3.63, 3.8) is 0 Å². The Hall–Kier alpha value is -1.73. The molecule has 1 aromatic carbocycles. The van der Waals surface area contributed by atoms with E-state index >= 15 is 0 Å². The van der Waals surface area contributed by atoms with Crippen LogP contribution >= 0.6 is 23.8 Å². The summed E-state index contributed by atoms with van der Waals surface area (Å²) in [7, 11) is 3.07. The van der Waals surface area contributed by atoms with Gasteiger partial charge >= 0.3 is 5.97 Å². The van der Waals surface area contributed by atoms with Gasteiger partial charge in [-0.2, -0.15) is 0 Å². The van der Waals surface area contributed by atoms with Crippen molar-refractivity contribution in [3.8, 4) is 11.5 Å². The van der Waals surface area contributed by atoms with E-state index < -0.39 is 0 Å². The number of benzene rings is 1. The molecule has 0 aromatic heterocycles. The molecule has 0 atom stereocenters. The molecule has 0 fully saturated rings. The summed E-state index contributed by atoms with van der Waals surface area (Å²) in [5, 5.41) is 6.89. The van der Waals surface area contributed by atoms with Crippen LogP contribution in [0.1, 0.15) is 47.5 Å². The summed E-state index contributed by atoms with van der Waals surface area (Å²) in [6.07, 6.45) is 0.975. The van der Waals surface area contributed by atoms with Crippen LogP contribution in [0.25, 0.3) is 0 Å². The monoisotopic (exact) mass is 420 g/mol. The highest BCUT2D eigenvalue weighted by molar-refractivity contribution is 7.80. The lowest BCUT2D eigenvalue weighted by molar-refractivity contribution is -0.143. The highest BCUT2D eigenvalue weighted by Crippen LogP contribution is 2.35. The van der Waals surface area contributed by atoms with Crippen LogP contribution in [0.5, 0.6) is 11.5 Å². The predicted molar refractivity (Wildman–Crippen MR) is 117 cm³/mol. The first-order valence-electron chi connectivity index (χ1n) is 9.13. The zero-order chi connectivity index (χ0) is 21.2. The first-order valence-corrected chi connectivity index (χ1v) is 9.92. The molecule has 0 heterocycles. The van der Waals surface area contributed by atoms with Crippen LogP contribution in [0.15, 0.2) is 12.1 Å². The van der Waals surface area contributed by atoms with E-state index in [4.69, 9.17) is 38.0 Å². The van der Waals surface area contributed by atoms with E-state index in [1.165, 1.54) is 7.11 Å². The van der Waals surface area contributed by atoms with Crippen molar-refractivity contribution in [3.05, 3.63) is 17.2 Å². The lowest BCUT2D eigenvalue weighted by atomic mass is 10.2. The number of rotatable bonds is 8. The summed E-state index contributed by atoms with van der Waals surface area (Å²) in [4.78, 5) is 11.2. The number of methoxy groups -OCH3 is 2. The van der Waals surface area contributed by atoms with E-state index in [9.17, 15) is 4.79 Å². The van der Waals surface area contributed by atoms with Gasteiger partial charge in [-0.1, -0.05) is 39.3 Å². The number of carbonyl (C=O) groups excluding carboxylic acids is 1. The maximum absolute atomic E-state index is 11.2. The molecule has 8 heteroatoms. The van der Waals surface area contributed by atoms with Gasteiger partial charge in [-0.3, -0.25) is 4.79 Å². The Morgan fingerprint density at radius 3 is 2.22 bits per heavy atom. The number of hydrogen-bond acceptors (Lipinski definition) is 5. The van der Waals surface area contributed by atoms with Gasteiger partial charge in [-0.05, 0) is 25.6 Å². The summed E-state index contributed by atoms with van der Waals surface area (Å²) < 4.78 is 15.3. The van der Waals surface area contributed by atoms with Crippen molar-refractivity contribution in [2.45, 2.75) is 47.5 Å². The number of carbonyl (C=O) groups is 1. The van der Waals surface area contributed by atoms with E-state index in [1.807, 2.05) is 27.7 Å². The molecule has 0 bridgehead atoms. The second-order valence-corrected chi connectivity index (χ2v) is 5.29. The molecule has 2 N–H and O–H groups in total. The Kier molecular flexibility index (Phi) is 18.0. The van der Waals surface area contributed by atoms with E-state index in [0.29, 0.717) is 53.3 Å². The smallest absolute Gasteiger partial charge is 0.305 e. The van der Waals surface area contributed by atoms with Crippen molar-refractivity contribution in [1.29, 1.82) is 0 Å². The Morgan fingerprint density at radius 1 is 1.11 bits per heavy atom. The normalized spacial score (nSPS) is 8.89. The van der Waals surface area contributed by atoms with Gasteiger partial charge in [-0.25, -0.2) is 0 Å². The third-order valence-electron chi connectivity index (χ3n) is 2.87. The average Bonchev–Trinajstić information content (AvgIpc) is 2.69. The molecule has 1 aromatic rings. The molecule has 0 aliphatic rings. The molecule has 6 nitrogen and oxygen atoms in total. The minimum Gasteiger partial charge on any atom is -0.495 e. The SMILES string of the molecule is CC.CC.CCOC(=O)CCCNC(=S)Nc1cc(OC)c(Cl)cc1OC. The van der Waals surface area contributed by atoms with Crippen molar-refractivity contribution < 1.29 is 19.0 Å². The fourth-order valence-electron chi connectivity index (χ4n) is 1.79. The number of nitrogens with one attached hydrogen (secondary N) is 2. The quantitative estimate of drug-likeness (QED) is 0.347. The molecule has 156 valence electrons. The van der Waals surface area contributed by atoms with Gasteiger partial charge in [0.25, 0.3) is 0 Å². The van der Waals surface area contributed by atoms with Gasteiger partial charge in [0.1, 0.15) is 11.5 Å². The highest BCUT2D eigenvalue weighted by atomic mass is 35.5. The third-order valence-corrected chi connectivity index (χ3v) is 3.41. The summed E-state index contributed by atoms with van der Waals surface area (Å²) in [5.74, 6) is 0.851. The second kappa shape index (κ2) is 17.7. The van der Waals surface area contributed by atoms with Crippen LogP contribution in [-0.4, -0.2) is 38.5 Å². The van der Waals surface area contributed by atoms with Crippen LogP contribution in [0.2, 0.25) is 5.02 Å². The van der Waals surface area contributed by atoms with E-state index in [0.717, 1.165) is 0 Å². The molecule has 1 rings (SSSR count). The Morgan fingerprint density at radius 2 is 1.70 bits per heavy atom. The fraction of sp³-hybridized carbons (Fsp3) is 0.579. The first kappa shape index (κ1) is 27.5. The van der Waals surface area contributed by atoms with Gasteiger partial charge < -0.3 is 24.8 Å². The van der Waals surface area contributed by atoms with E-state index in [1.54, 1.807) is 26.2 Å². The number of ether oxygens (including phenoxy) is 3. The van der Waals surface area contributed by atoms with Crippen LogP contribution in [0.3, 0.4) is 0 Å². The van der Waals surface area contributed by atoms with Crippen LogP contribution < -0.4 is 20.1 Å². The number of halogens is 1. The van der Waals surface area contributed by atoms with Gasteiger partial charge in [0.05, 0.1) is 31.5 Å². The van der Waals surface area contributed by atoms with E-state index in [2.05, 4.69) is 10.6 Å². The van der Waals surface area contributed by atoms with Crippen molar-refractivity contribution >= 4 is 40.6 Å². The maximum Gasteiger partial charge on any atom is 0.305 e. The summed E-state index contributed by atoms with van der Waals surface area (Å²) in [6, 6.07) is 3.35. The maximum atomic E-state index is 11.2. The molecule has 0 radical (unpaired) electrons. The third kappa shape index (κ3) is 11.6. The van der Waals surface area contributed by atoms with E-state index in [-0.39, 0.29) is 5.97 Å². The molecule has 0 aliphatic heterocycles. The van der Waals surface area contributed by atoms with Crippen molar-refractivity contribution in [2.75, 3.05) is 32.7 Å². The van der Waals surface area contributed by atoms with Gasteiger partial charge in [-0.15, -0.1) is 0 Å². The average molecular weight is 421 g/mol. The number of thiocarbonyl (C=S) groups is 1. The van der Waals surface area contributed by atoms with Crippen molar-refractivity contribution in [1.82, 2.24) is 5.32 Å². The highest BCUT2D eigenvalue weighted by Gasteiger charge is 2.11. The molecule has 27 heavy (non-hydrogen) atoms. The number of hydrogen-bond donors (Lipinski definition) is 2. The fourth-order valence-corrected chi connectivity index (χ4v) is 2.24. The van der Waals surface area contributed by atoms with Crippen LogP contribution in [-0.2, 0) is 9.53 Å². The van der Waals surface area contributed by atoms with Gasteiger partial charge in [0.2, 0.25) is 0 Å². The zero-order valence-corrected chi connectivity index (χ0v) is 19.0.